The third-order valence-corrected chi connectivity index (χ3v) is 7.61. The highest BCUT2D eigenvalue weighted by molar-refractivity contribution is 9.10. The summed E-state index contributed by atoms with van der Waals surface area (Å²) in [6, 6.07) is 23.0. The standard InChI is InChI=1S/C28H21BrClN5O3/c29-22-10-9-20(14-23(22)30)27(37)33-11-12-34-24(17-33)25(26(36)32-16-18-5-2-1-3-6-18)35(28(34)38)21-8-4-7-19(13-21)15-31/h1-10,13-14H,11-12,16-17H2,(H,32,36). The molecule has 0 bridgehead atoms. The monoisotopic (exact) mass is 589 g/mol. The molecule has 0 spiro atoms. The van der Waals surface area contributed by atoms with Crippen LogP contribution in [0.2, 0.25) is 5.02 Å². The Balaban J connectivity index is 1.56. The van der Waals surface area contributed by atoms with E-state index in [1.54, 1.807) is 47.4 Å². The third-order valence-electron chi connectivity index (χ3n) is 6.38. The zero-order valence-corrected chi connectivity index (χ0v) is 22.4. The first-order valence-electron chi connectivity index (χ1n) is 11.8. The Morgan fingerprint density at radius 3 is 2.55 bits per heavy atom. The van der Waals surface area contributed by atoms with Crippen molar-refractivity contribution in [2.45, 2.75) is 19.6 Å². The van der Waals surface area contributed by atoms with Crippen LogP contribution in [0.4, 0.5) is 0 Å². The van der Waals surface area contributed by atoms with Gasteiger partial charge < -0.3 is 10.2 Å². The Morgan fingerprint density at radius 1 is 1.03 bits per heavy atom. The molecule has 10 heteroatoms. The summed E-state index contributed by atoms with van der Waals surface area (Å²) < 4.78 is 3.52. The second kappa shape index (κ2) is 10.7. The Morgan fingerprint density at radius 2 is 1.82 bits per heavy atom. The average Bonchev–Trinajstić information content (AvgIpc) is 3.25. The van der Waals surface area contributed by atoms with Gasteiger partial charge in [-0.15, -0.1) is 0 Å². The summed E-state index contributed by atoms with van der Waals surface area (Å²) in [6.45, 7) is 0.818. The molecule has 0 radical (unpaired) electrons. The van der Waals surface area contributed by atoms with Crippen molar-refractivity contribution >= 4 is 39.3 Å². The summed E-state index contributed by atoms with van der Waals surface area (Å²) in [7, 11) is 0. The van der Waals surface area contributed by atoms with Gasteiger partial charge >= 0.3 is 5.69 Å². The maximum absolute atomic E-state index is 13.6. The molecule has 5 rings (SSSR count). The summed E-state index contributed by atoms with van der Waals surface area (Å²) in [5, 5.41) is 12.7. The number of nitrogens with zero attached hydrogens (tertiary/aromatic N) is 4. The fourth-order valence-electron chi connectivity index (χ4n) is 4.49. The molecule has 1 N–H and O–H groups in total. The molecule has 1 aliphatic heterocycles. The Bertz CT molecular complexity index is 1660. The number of carbonyl (C=O) groups is 2. The minimum Gasteiger partial charge on any atom is -0.347 e. The van der Waals surface area contributed by atoms with Crippen molar-refractivity contribution < 1.29 is 9.59 Å². The third kappa shape index (κ3) is 4.88. The largest absolute Gasteiger partial charge is 0.347 e. The zero-order chi connectivity index (χ0) is 26.8. The number of nitriles is 1. The molecular weight excluding hydrogens is 570 g/mol. The first-order valence-corrected chi connectivity index (χ1v) is 13.0. The Kier molecular flexibility index (Phi) is 7.18. The van der Waals surface area contributed by atoms with Crippen molar-refractivity contribution in [1.29, 1.82) is 5.26 Å². The van der Waals surface area contributed by atoms with Crippen LogP contribution in [0.25, 0.3) is 5.69 Å². The second-order valence-electron chi connectivity index (χ2n) is 8.75. The normalized spacial score (nSPS) is 12.5. The van der Waals surface area contributed by atoms with E-state index in [4.69, 9.17) is 11.6 Å². The van der Waals surface area contributed by atoms with E-state index in [-0.39, 0.29) is 37.8 Å². The van der Waals surface area contributed by atoms with Crippen molar-refractivity contribution in [2.24, 2.45) is 0 Å². The summed E-state index contributed by atoms with van der Waals surface area (Å²) in [4.78, 5) is 42.1. The van der Waals surface area contributed by atoms with Gasteiger partial charge in [0.15, 0.2) is 0 Å². The number of benzene rings is 3. The molecule has 1 aromatic heterocycles. The number of hydrogen-bond acceptors (Lipinski definition) is 4. The van der Waals surface area contributed by atoms with E-state index in [2.05, 4.69) is 27.3 Å². The number of fused-ring (bicyclic) bond motifs is 1. The van der Waals surface area contributed by atoms with Gasteiger partial charge in [-0.3, -0.25) is 18.7 Å². The fraction of sp³-hybridized carbons (Fsp3) is 0.143. The molecule has 3 aromatic carbocycles. The highest BCUT2D eigenvalue weighted by Crippen LogP contribution is 2.26. The maximum atomic E-state index is 13.6. The lowest BCUT2D eigenvalue weighted by Gasteiger charge is -2.28. The van der Waals surface area contributed by atoms with E-state index in [1.807, 2.05) is 30.3 Å². The number of rotatable bonds is 5. The van der Waals surface area contributed by atoms with E-state index in [0.717, 1.165) is 5.56 Å². The number of hydrogen-bond donors (Lipinski definition) is 1. The van der Waals surface area contributed by atoms with Gasteiger partial charge in [-0.2, -0.15) is 5.26 Å². The zero-order valence-electron chi connectivity index (χ0n) is 20.0. The van der Waals surface area contributed by atoms with Crippen molar-refractivity contribution in [3.63, 3.8) is 0 Å². The van der Waals surface area contributed by atoms with Crippen LogP contribution in [0.5, 0.6) is 0 Å². The molecule has 2 amide bonds. The fourth-order valence-corrected chi connectivity index (χ4v) is 4.92. The van der Waals surface area contributed by atoms with Crippen molar-refractivity contribution in [1.82, 2.24) is 19.4 Å². The van der Waals surface area contributed by atoms with E-state index in [1.165, 1.54) is 9.13 Å². The molecule has 0 unspecified atom stereocenters. The topological polar surface area (TPSA) is 100 Å². The molecule has 8 nitrogen and oxygen atoms in total. The molecule has 38 heavy (non-hydrogen) atoms. The van der Waals surface area contributed by atoms with Crippen molar-refractivity contribution in [3.8, 4) is 11.8 Å². The van der Waals surface area contributed by atoms with Crippen LogP contribution in [0.15, 0.2) is 82.1 Å². The van der Waals surface area contributed by atoms with E-state index < -0.39 is 11.6 Å². The molecule has 1 aliphatic rings. The lowest BCUT2D eigenvalue weighted by atomic mass is 10.1. The number of carbonyl (C=O) groups excluding carboxylic acids is 2. The molecule has 0 aliphatic carbocycles. The molecule has 4 aromatic rings. The van der Waals surface area contributed by atoms with Gasteiger partial charge in [-0.05, 0) is 57.9 Å². The van der Waals surface area contributed by atoms with Crippen LogP contribution in [-0.2, 0) is 19.6 Å². The SMILES string of the molecule is N#Cc1cccc(-n2c(C(=O)NCc3ccccc3)c3n(c2=O)CCN(C(=O)c2ccc(Br)c(Cl)c2)C3)c1. The van der Waals surface area contributed by atoms with Crippen molar-refractivity contribution in [2.75, 3.05) is 6.54 Å². The van der Waals surface area contributed by atoms with Gasteiger partial charge in [0.2, 0.25) is 0 Å². The number of aromatic nitrogens is 2. The van der Waals surface area contributed by atoms with Crippen LogP contribution >= 0.6 is 27.5 Å². The molecule has 0 saturated heterocycles. The summed E-state index contributed by atoms with van der Waals surface area (Å²) in [5.74, 6) is -0.712. The number of imidazole rings is 1. The second-order valence-corrected chi connectivity index (χ2v) is 10.0. The van der Waals surface area contributed by atoms with Gasteiger partial charge in [0, 0.05) is 29.7 Å². The van der Waals surface area contributed by atoms with Crippen LogP contribution in [0.3, 0.4) is 0 Å². The number of nitrogens with one attached hydrogen (secondary N) is 1. The summed E-state index contributed by atoms with van der Waals surface area (Å²) in [6.07, 6.45) is 0. The van der Waals surface area contributed by atoms with Crippen LogP contribution < -0.4 is 11.0 Å². The van der Waals surface area contributed by atoms with Crippen LogP contribution in [-0.4, -0.2) is 32.4 Å². The summed E-state index contributed by atoms with van der Waals surface area (Å²) in [5.41, 5.74) is 2.22. The van der Waals surface area contributed by atoms with E-state index in [0.29, 0.717) is 32.0 Å². The van der Waals surface area contributed by atoms with Crippen LogP contribution in [0, 0.1) is 11.3 Å². The lowest BCUT2D eigenvalue weighted by Crippen LogP contribution is -2.41. The van der Waals surface area contributed by atoms with Gasteiger partial charge in [-0.25, -0.2) is 4.79 Å². The Hall–Kier alpha value is -4.13. The Labute approximate surface area is 231 Å². The number of amides is 2. The molecule has 0 saturated carbocycles. The minimum atomic E-state index is -0.456. The molecule has 0 fully saturated rings. The highest BCUT2D eigenvalue weighted by Gasteiger charge is 2.32. The van der Waals surface area contributed by atoms with Crippen molar-refractivity contribution in [3.05, 3.63) is 121 Å². The van der Waals surface area contributed by atoms with E-state index in [9.17, 15) is 19.6 Å². The first kappa shape index (κ1) is 25.5. The van der Waals surface area contributed by atoms with Crippen LogP contribution in [0.1, 0.15) is 37.7 Å². The molecular formula is C28H21BrClN5O3. The first-order chi connectivity index (χ1) is 18.4. The highest BCUT2D eigenvalue weighted by atomic mass is 79.9. The predicted molar refractivity (Wildman–Crippen MR) is 146 cm³/mol. The quantitative estimate of drug-likeness (QED) is 0.370. The molecule has 190 valence electrons. The molecule has 2 heterocycles. The lowest BCUT2D eigenvalue weighted by molar-refractivity contribution is 0.0706. The smallest absolute Gasteiger partial charge is 0.333 e. The minimum absolute atomic E-state index is 0.0563. The average molecular weight is 591 g/mol. The maximum Gasteiger partial charge on any atom is 0.333 e. The molecule has 0 atom stereocenters. The van der Waals surface area contributed by atoms with Gasteiger partial charge in [-0.1, -0.05) is 48.0 Å². The summed E-state index contributed by atoms with van der Waals surface area (Å²) >= 11 is 9.54. The predicted octanol–water partition coefficient (Wildman–Crippen LogP) is 4.51. The van der Waals surface area contributed by atoms with E-state index >= 15 is 0 Å². The van der Waals surface area contributed by atoms with Gasteiger partial charge in [0.05, 0.1) is 34.6 Å². The van der Waals surface area contributed by atoms with Gasteiger partial charge in [0.25, 0.3) is 11.8 Å². The number of halogens is 2. The van der Waals surface area contributed by atoms with Gasteiger partial charge in [0.1, 0.15) is 5.69 Å².